The van der Waals surface area contributed by atoms with Gasteiger partial charge in [0, 0.05) is 10.9 Å². The van der Waals surface area contributed by atoms with E-state index in [4.69, 9.17) is 4.42 Å². The number of furan rings is 1. The summed E-state index contributed by atoms with van der Waals surface area (Å²) in [4.78, 5) is 0. The molecule has 0 aliphatic rings. The van der Waals surface area contributed by atoms with Gasteiger partial charge in [0.15, 0.2) is 0 Å². The van der Waals surface area contributed by atoms with E-state index in [0.29, 0.717) is 12.5 Å². The molecule has 2 nitrogen and oxygen atoms in total. The molecule has 1 aromatic carbocycles. The number of hydrogen-bond donors (Lipinski definition) is 1. The average Bonchev–Trinajstić information content (AvgIpc) is 2.55. The first-order chi connectivity index (χ1) is 7.63. The van der Waals surface area contributed by atoms with Crippen LogP contribution < -0.4 is 5.32 Å². The molecule has 3 heteroatoms. The normalized spacial score (nSPS) is 11.6. The smallest absolute Gasteiger partial charge is 0.134 e. The van der Waals surface area contributed by atoms with Crippen molar-refractivity contribution in [2.24, 2.45) is 0 Å². The number of benzene rings is 1. The van der Waals surface area contributed by atoms with Crippen LogP contribution in [0.15, 0.2) is 22.6 Å². The fourth-order valence-corrected chi connectivity index (χ4v) is 2.06. The van der Waals surface area contributed by atoms with E-state index in [2.05, 4.69) is 19.2 Å². The summed E-state index contributed by atoms with van der Waals surface area (Å²) in [6, 6.07) is 4.67. The highest BCUT2D eigenvalue weighted by molar-refractivity contribution is 5.82. The highest BCUT2D eigenvalue weighted by Gasteiger charge is 2.16. The lowest BCUT2D eigenvalue weighted by Crippen LogP contribution is -2.06. The van der Waals surface area contributed by atoms with E-state index >= 15 is 0 Å². The summed E-state index contributed by atoms with van der Waals surface area (Å²) in [6.07, 6.45) is 0. The quantitative estimate of drug-likeness (QED) is 0.859. The first-order valence-corrected chi connectivity index (χ1v) is 5.49. The zero-order valence-electron chi connectivity index (χ0n) is 9.80. The molecule has 86 valence electrons. The van der Waals surface area contributed by atoms with E-state index in [1.165, 1.54) is 6.07 Å². The largest absolute Gasteiger partial charge is 0.459 e. The van der Waals surface area contributed by atoms with Crippen molar-refractivity contribution in [2.75, 3.05) is 7.05 Å². The summed E-state index contributed by atoms with van der Waals surface area (Å²) < 4.78 is 18.9. The Balaban J connectivity index is 2.67. The predicted molar refractivity (Wildman–Crippen MR) is 63.0 cm³/mol. The zero-order valence-corrected chi connectivity index (χ0v) is 9.80. The van der Waals surface area contributed by atoms with Crippen molar-refractivity contribution < 1.29 is 8.81 Å². The van der Waals surface area contributed by atoms with E-state index < -0.39 is 0 Å². The Kier molecular flexibility index (Phi) is 2.97. The van der Waals surface area contributed by atoms with Crippen LogP contribution in [0.4, 0.5) is 4.39 Å². The Morgan fingerprint density at radius 2 is 2.12 bits per heavy atom. The second kappa shape index (κ2) is 4.26. The second-order valence-electron chi connectivity index (χ2n) is 4.26. The molecule has 0 amide bonds. The Morgan fingerprint density at radius 1 is 1.38 bits per heavy atom. The van der Waals surface area contributed by atoms with Crippen molar-refractivity contribution in [3.05, 3.63) is 35.3 Å². The van der Waals surface area contributed by atoms with Gasteiger partial charge in [0.2, 0.25) is 0 Å². The van der Waals surface area contributed by atoms with Gasteiger partial charge in [0.25, 0.3) is 0 Å². The first-order valence-electron chi connectivity index (χ1n) is 5.49. The molecule has 0 saturated heterocycles. The van der Waals surface area contributed by atoms with Crippen molar-refractivity contribution >= 4 is 11.0 Å². The maximum Gasteiger partial charge on any atom is 0.134 e. The summed E-state index contributed by atoms with van der Waals surface area (Å²) in [6.45, 7) is 4.85. The van der Waals surface area contributed by atoms with Gasteiger partial charge in [-0.2, -0.15) is 0 Å². The van der Waals surface area contributed by atoms with Crippen LogP contribution in [0.2, 0.25) is 0 Å². The number of nitrogens with one attached hydrogen (secondary N) is 1. The molecular formula is C13H16FNO. The number of rotatable bonds is 3. The molecule has 0 atom stereocenters. The van der Waals surface area contributed by atoms with Crippen molar-refractivity contribution in [3.63, 3.8) is 0 Å². The minimum absolute atomic E-state index is 0.216. The molecule has 0 bridgehead atoms. The first kappa shape index (κ1) is 11.1. The van der Waals surface area contributed by atoms with Crippen LogP contribution in [-0.4, -0.2) is 7.05 Å². The lowest BCUT2D eigenvalue weighted by Gasteiger charge is -2.05. The molecule has 0 fully saturated rings. The number of halogens is 1. The molecule has 0 saturated carbocycles. The second-order valence-corrected chi connectivity index (χ2v) is 4.26. The fourth-order valence-electron chi connectivity index (χ4n) is 2.06. The van der Waals surface area contributed by atoms with Gasteiger partial charge < -0.3 is 9.73 Å². The summed E-state index contributed by atoms with van der Waals surface area (Å²) in [7, 11) is 1.87. The van der Waals surface area contributed by atoms with Crippen molar-refractivity contribution in [1.29, 1.82) is 0 Å². The van der Waals surface area contributed by atoms with Crippen LogP contribution in [0.3, 0.4) is 0 Å². The fraction of sp³-hybridized carbons (Fsp3) is 0.385. The molecular weight excluding hydrogens is 205 g/mol. The SMILES string of the molecule is CNCc1oc2ccc(F)cc2c1C(C)C. The highest BCUT2D eigenvalue weighted by Crippen LogP contribution is 2.32. The van der Waals surface area contributed by atoms with Gasteiger partial charge >= 0.3 is 0 Å². The highest BCUT2D eigenvalue weighted by atomic mass is 19.1. The van der Waals surface area contributed by atoms with Gasteiger partial charge in [0.05, 0.1) is 6.54 Å². The van der Waals surface area contributed by atoms with Crippen LogP contribution in [0.1, 0.15) is 31.1 Å². The molecule has 0 aliphatic heterocycles. The Bertz CT molecular complexity index is 502. The maximum atomic E-state index is 13.2. The van der Waals surface area contributed by atoms with Crippen molar-refractivity contribution in [3.8, 4) is 0 Å². The topological polar surface area (TPSA) is 25.2 Å². The van der Waals surface area contributed by atoms with Crippen LogP contribution in [0, 0.1) is 5.82 Å². The Hall–Kier alpha value is -1.35. The lowest BCUT2D eigenvalue weighted by atomic mass is 9.99. The van der Waals surface area contributed by atoms with E-state index in [1.54, 1.807) is 12.1 Å². The molecule has 2 aromatic rings. The van der Waals surface area contributed by atoms with Gasteiger partial charge in [0.1, 0.15) is 17.2 Å². The van der Waals surface area contributed by atoms with E-state index in [0.717, 1.165) is 22.3 Å². The minimum Gasteiger partial charge on any atom is -0.459 e. The summed E-state index contributed by atoms with van der Waals surface area (Å²) in [5.41, 5.74) is 1.86. The molecule has 16 heavy (non-hydrogen) atoms. The monoisotopic (exact) mass is 221 g/mol. The van der Waals surface area contributed by atoms with Gasteiger partial charge in [-0.05, 0) is 31.2 Å². The molecule has 0 radical (unpaired) electrons. The summed E-state index contributed by atoms with van der Waals surface area (Å²) >= 11 is 0. The van der Waals surface area contributed by atoms with Gasteiger partial charge in [-0.1, -0.05) is 13.8 Å². The van der Waals surface area contributed by atoms with Gasteiger partial charge in [-0.3, -0.25) is 0 Å². The molecule has 1 N–H and O–H groups in total. The Morgan fingerprint density at radius 3 is 2.75 bits per heavy atom. The lowest BCUT2D eigenvalue weighted by molar-refractivity contribution is 0.520. The van der Waals surface area contributed by atoms with Crippen molar-refractivity contribution in [2.45, 2.75) is 26.3 Å². The molecule has 0 aliphatic carbocycles. The maximum absolute atomic E-state index is 13.2. The molecule has 1 heterocycles. The minimum atomic E-state index is -0.216. The molecule has 2 rings (SSSR count). The van der Waals surface area contributed by atoms with E-state index in [9.17, 15) is 4.39 Å². The van der Waals surface area contributed by atoms with Gasteiger partial charge in [-0.25, -0.2) is 4.39 Å². The van der Waals surface area contributed by atoms with Crippen LogP contribution in [0.5, 0.6) is 0 Å². The zero-order chi connectivity index (χ0) is 11.7. The summed E-state index contributed by atoms with van der Waals surface area (Å²) in [5, 5.41) is 3.96. The van der Waals surface area contributed by atoms with E-state index in [1.807, 2.05) is 7.05 Å². The van der Waals surface area contributed by atoms with Crippen molar-refractivity contribution in [1.82, 2.24) is 5.32 Å². The molecule has 0 spiro atoms. The van der Waals surface area contributed by atoms with Crippen LogP contribution >= 0.6 is 0 Å². The third-order valence-corrected chi connectivity index (χ3v) is 2.68. The van der Waals surface area contributed by atoms with Gasteiger partial charge in [-0.15, -0.1) is 0 Å². The summed E-state index contributed by atoms with van der Waals surface area (Å²) in [5.74, 6) is 1.01. The Labute approximate surface area is 94.4 Å². The van der Waals surface area contributed by atoms with E-state index in [-0.39, 0.29) is 5.82 Å². The number of fused-ring (bicyclic) bond motifs is 1. The van der Waals surface area contributed by atoms with Crippen LogP contribution in [0.25, 0.3) is 11.0 Å². The molecule has 0 unspecified atom stereocenters. The number of hydrogen-bond acceptors (Lipinski definition) is 2. The third kappa shape index (κ3) is 1.83. The molecule has 1 aromatic heterocycles. The predicted octanol–water partition coefficient (Wildman–Crippen LogP) is 3.41. The standard InChI is InChI=1S/C13H16FNO/c1-8(2)13-10-6-9(14)4-5-11(10)16-12(13)7-15-3/h4-6,8,15H,7H2,1-3H3. The third-order valence-electron chi connectivity index (χ3n) is 2.68. The average molecular weight is 221 g/mol. The van der Waals surface area contributed by atoms with Crippen LogP contribution in [-0.2, 0) is 6.54 Å².